The SMILES string of the molecule is COC(=O)CNC(=O)C1(Cc2ccc(Cl)cc2)CN(C(=O)c2ccn[nH]2)C1. The average molecular weight is 391 g/mol. The second-order valence-electron chi connectivity index (χ2n) is 6.47. The first-order valence-electron chi connectivity index (χ1n) is 8.32. The molecule has 1 aromatic heterocycles. The van der Waals surface area contributed by atoms with E-state index in [0.29, 0.717) is 17.1 Å². The van der Waals surface area contributed by atoms with Crippen molar-refractivity contribution in [2.45, 2.75) is 6.42 Å². The normalized spacial score (nSPS) is 15.0. The first kappa shape index (κ1) is 18.9. The Kier molecular flexibility index (Phi) is 5.46. The van der Waals surface area contributed by atoms with E-state index < -0.39 is 11.4 Å². The fourth-order valence-electron chi connectivity index (χ4n) is 3.11. The zero-order valence-corrected chi connectivity index (χ0v) is 15.5. The molecule has 8 nitrogen and oxygen atoms in total. The van der Waals surface area contributed by atoms with Crippen LogP contribution in [0.3, 0.4) is 0 Å². The zero-order chi connectivity index (χ0) is 19.4. The number of likely N-dealkylation sites (tertiary alicyclic amines) is 1. The van der Waals surface area contributed by atoms with Gasteiger partial charge in [-0.05, 0) is 30.2 Å². The number of aromatic nitrogens is 2. The number of nitrogens with zero attached hydrogens (tertiary/aromatic N) is 2. The van der Waals surface area contributed by atoms with Crippen LogP contribution >= 0.6 is 11.6 Å². The van der Waals surface area contributed by atoms with Crippen molar-refractivity contribution in [2.24, 2.45) is 5.41 Å². The lowest BCUT2D eigenvalue weighted by Crippen LogP contribution is -2.66. The monoisotopic (exact) mass is 390 g/mol. The van der Waals surface area contributed by atoms with Crippen LogP contribution in [0.5, 0.6) is 0 Å². The first-order valence-corrected chi connectivity index (χ1v) is 8.69. The third kappa shape index (κ3) is 4.11. The molecule has 0 aliphatic carbocycles. The number of benzene rings is 1. The fraction of sp³-hybridized carbons (Fsp3) is 0.333. The summed E-state index contributed by atoms with van der Waals surface area (Å²) in [5.74, 6) is -1.05. The second kappa shape index (κ2) is 7.79. The molecular weight excluding hydrogens is 372 g/mol. The van der Waals surface area contributed by atoms with E-state index in [9.17, 15) is 14.4 Å². The van der Waals surface area contributed by atoms with Crippen molar-refractivity contribution in [1.82, 2.24) is 20.4 Å². The van der Waals surface area contributed by atoms with E-state index in [1.54, 1.807) is 23.1 Å². The molecule has 1 saturated heterocycles. The molecule has 1 aliphatic heterocycles. The highest BCUT2D eigenvalue weighted by Crippen LogP contribution is 2.35. The van der Waals surface area contributed by atoms with Crippen molar-refractivity contribution >= 4 is 29.4 Å². The lowest BCUT2D eigenvalue weighted by atomic mass is 9.73. The van der Waals surface area contributed by atoms with Gasteiger partial charge in [0.2, 0.25) is 5.91 Å². The van der Waals surface area contributed by atoms with Crippen molar-refractivity contribution in [1.29, 1.82) is 0 Å². The van der Waals surface area contributed by atoms with E-state index in [1.165, 1.54) is 13.3 Å². The van der Waals surface area contributed by atoms with Crippen LogP contribution in [-0.2, 0) is 20.7 Å². The van der Waals surface area contributed by atoms with Crippen LogP contribution < -0.4 is 5.32 Å². The van der Waals surface area contributed by atoms with Crippen LogP contribution in [0, 0.1) is 5.41 Å². The molecule has 0 saturated carbocycles. The molecule has 3 rings (SSSR count). The minimum absolute atomic E-state index is 0.216. The molecule has 0 radical (unpaired) electrons. The number of methoxy groups -OCH3 is 1. The zero-order valence-electron chi connectivity index (χ0n) is 14.7. The number of amides is 2. The van der Waals surface area contributed by atoms with Crippen molar-refractivity contribution in [3.05, 3.63) is 52.8 Å². The van der Waals surface area contributed by atoms with E-state index in [0.717, 1.165) is 5.56 Å². The Hall–Kier alpha value is -2.87. The van der Waals surface area contributed by atoms with Gasteiger partial charge in [0.25, 0.3) is 5.91 Å². The fourth-order valence-corrected chi connectivity index (χ4v) is 3.24. The van der Waals surface area contributed by atoms with Gasteiger partial charge in [0.15, 0.2) is 0 Å². The van der Waals surface area contributed by atoms with Gasteiger partial charge in [-0.2, -0.15) is 5.10 Å². The molecule has 0 spiro atoms. The highest BCUT2D eigenvalue weighted by atomic mass is 35.5. The van der Waals surface area contributed by atoms with Crippen molar-refractivity contribution in [3.8, 4) is 0 Å². The number of carbonyl (C=O) groups is 3. The number of hydrogen-bond donors (Lipinski definition) is 2. The summed E-state index contributed by atoms with van der Waals surface area (Å²) in [7, 11) is 1.26. The minimum atomic E-state index is -0.822. The number of ether oxygens (including phenoxy) is 1. The maximum Gasteiger partial charge on any atom is 0.325 e. The molecular formula is C18H19ClN4O4. The molecule has 142 valence electrons. The van der Waals surface area contributed by atoms with Gasteiger partial charge in [-0.1, -0.05) is 23.7 Å². The number of H-pyrrole nitrogens is 1. The molecule has 2 heterocycles. The van der Waals surface area contributed by atoms with Crippen molar-refractivity contribution in [3.63, 3.8) is 0 Å². The lowest BCUT2D eigenvalue weighted by Gasteiger charge is -2.48. The van der Waals surface area contributed by atoms with Crippen LogP contribution in [0.1, 0.15) is 16.1 Å². The summed E-state index contributed by atoms with van der Waals surface area (Å²) in [6, 6.07) is 8.78. The van der Waals surface area contributed by atoms with E-state index >= 15 is 0 Å². The van der Waals surface area contributed by atoms with Gasteiger partial charge >= 0.3 is 5.97 Å². The van der Waals surface area contributed by atoms with Crippen molar-refractivity contribution in [2.75, 3.05) is 26.7 Å². The number of carbonyl (C=O) groups excluding carboxylic acids is 3. The summed E-state index contributed by atoms with van der Waals surface area (Å²) in [5.41, 5.74) is 0.462. The van der Waals surface area contributed by atoms with Gasteiger partial charge < -0.3 is 15.0 Å². The van der Waals surface area contributed by atoms with Crippen LogP contribution in [0.2, 0.25) is 5.02 Å². The van der Waals surface area contributed by atoms with Crippen LogP contribution in [-0.4, -0.2) is 59.6 Å². The summed E-state index contributed by atoms with van der Waals surface area (Å²) >= 11 is 5.92. The number of halogens is 1. The third-order valence-corrected chi connectivity index (χ3v) is 4.82. The first-order chi connectivity index (χ1) is 12.9. The van der Waals surface area contributed by atoms with Gasteiger partial charge in [0.1, 0.15) is 12.2 Å². The standard InChI is InChI=1S/C18H19ClN4O4/c1-27-15(24)9-20-17(26)18(8-12-2-4-13(19)5-3-12)10-23(11-18)16(25)14-6-7-21-22-14/h2-7H,8-11H2,1H3,(H,20,26)(H,21,22). The van der Waals surface area contributed by atoms with Crippen LogP contribution in [0.4, 0.5) is 0 Å². The maximum absolute atomic E-state index is 12.8. The molecule has 9 heteroatoms. The Balaban J connectivity index is 1.74. The molecule has 1 aromatic carbocycles. The van der Waals surface area contributed by atoms with Gasteiger partial charge in [0, 0.05) is 24.3 Å². The molecule has 1 aliphatic rings. The molecule has 1 fully saturated rings. The Bertz CT molecular complexity index is 830. The lowest BCUT2D eigenvalue weighted by molar-refractivity contribution is -0.145. The Morgan fingerprint density at radius 2 is 1.96 bits per heavy atom. The summed E-state index contributed by atoms with van der Waals surface area (Å²) in [4.78, 5) is 38.1. The highest BCUT2D eigenvalue weighted by Gasteiger charge is 2.51. The third-order valence-electron chi connectivity index (χ3n) is 4.56. The summed E-state index contributed by atoms with van der Waals surface area (Å²) < 4.78 is 4.56. The summed E-state index contributed by atoms with van der Waals surface area (Å²) in [6.07, 6.45) is 1.92. The number of rotatable bonds is 6. The minimum Gasteiger partial charge on any atom is -0.468 e. The summed E-state index contributed by atoms with van der Waals surface area (Å²) in [5, 5.41) is 9.61. The van der Waals surface area contributed by atoms with Crippen LogP contribution in [0.15, 0.2) is 36.5 Å². The Morgan fingerprint density at radius 1 is 1.26 bits per heavy atom. The largest absolute Gasteiger partial charge is 0.468 e. The van der Waals surface area contributed by atoms with Gasteiger partial charge in [-0.3, -0.25) is 19.5 Å². The molecule has 0 atom stereocenters. The van der Waals surface area contributed by atoms with Crippen LogP contribution in [0.25, 0.3) is 0 Å². The number of aromatic amines is 1. The van der Waals surface area contributed by atoms with Gasteiger partial charge in [-0.25, -0.2) is 0 Å². The Labute approximate surface area is 160 Å². The quantitative estimate of drug-likeness (QED) is 0.717. The molecule has 0 unspecified atom stereocenters. The molecule has 2 N–H and O–H groups in total. The molecule has 2 amide bonds. The van der Waals surface area contributed by atoms with E-state index in [1.807, 2.05) is 12.1 Å². The predicted molar refractivity (Wildman–Crippen MR) is 97.1 cm³/mol. The van der Waals surface area contributed by atoms with E-state index in [-0.39, 0.29) is 31.4 Å². The van der Waals surface area contributed by atoms with E-state index in [2.05, 4.69) is 20.3 Å². The van der Waals surface area contributed by atoms with Gasteiger partial charge in [-0.15, -0.1) is 0 Å². The maximum atomic E-state index is 12.8. The number of hydrogen-bond acceptors (Lipinski definition) is 5. The average Bonchev–Trinajstić information content (AvgIpc) is 3.17. The molecule has 27 heavy (non-hydrogen) atoms. The molecule has 0 bridgehead atoms. The van der Waals surface area contributed by atoms with Gasteiger partial charge in [0.05, 0.1) is 12.5 Å². The topological polar surface area (TPSA) is 104 Å². The smallest absolute Gasteiger partial charge is 0.325 e. The summed E-state index contributed by atoms with van der Waals surface area (Å²) in [6.45, 7) is 0.257. The molecule has 2 aromatic rings. The Morgan fingerprint density at radius 3 is 2.56 bits per heavy atom. The number of nitrogens with one attached hydrogen (secondary N) is 2. The highest BCUT2D eigenvalue weighted by molar-refractivity contribution is 6.30. The second-order valence-corrected chi connectivity index (χ2v) is 6.91. The van der Waals surface area contributed by atoms with Crippen molar-refractivity contribution < 1.29 is 19.1 Å². The van der Waals surface area contributed by atoms with E-state index in [4.69, 9.17) is 11.6 Å². The number of esters is 1. The predicted octanol–water partition coefficient (Wildman–Crippen LogP) is 1.04.